The van der Waals surface area contributed by atoms with Gasteiger partial charge in [0.05, 0.1) is 6.54 Å². The largest absolute Gasteiger partial charge is 0.492 e. The third-order valence-corrected chi connectivity index (χ3v) is 5.45. The number of carboxylic acid groups (broad SMARTS) is 1. The van der Waals surface area contributed by atoms with E-state index in [-0.39, 0.29) is 0 Å². The average molecular weight is 481 g/mol. The first-order chi connectivity index (χ1) is 16.5. The summed E-state index contributed by atoms with van der Waals surface area (Å²) in [6.45, 7) is 3.15. The summed E-state index contributed by atoms with van der Waals surface area (Å²) >= 11 is 5.95. The van der Waals surface area contributed by atoms with Crippen molar-refractivity contribution < 1.29 is 23.8 Å². The molecule has 4 rings (SSSR count). The van der Waals surface area contributed by atoms with Crippen LogP contribution in [0.25, 0.3) is 11.1 Å². The SMILES string of the molecule is CCC(Oc1cccc(CN(CCOc2ccc(Cl)cc2)c2nc3ccccc3o2)c1)C(=O)O. The quantitative estimate of drug-likeness (QED) is 0.290. The molecule has 1 aromatic heterocycles. The Hall–Kier alpha value is -3.71. The maximum atomic E-state index is 11.3. The maximum Gasteiger partial charge on any atom is 0.344 e. The molecule has 0 fully saturated rings. The molecule has 1 unspecified atom stereocenters. The molecule has 34 heavy (non-hydrogen) atoms. The minimum absolute atomic E-state index is 0.372. The van der Waals surface area contributed by atoms with E-state index in [1.165, 1.54) is 0 Å². The minimum Gasteiger partial charge on any atom is -0.492 e. The van der Waals surface area contributed by atoms with Crippen LogP contribution in [-0.4, -0.2) is 35.3 Å². The Morgan fingerprint density at radius 1 is 1.09 bits per heavy atom. The summed E-state index contributed by atoms with van der Waals surface area (Å²) in [4.78, 5) is 18.0. The van der Waals surface area contributed by atoms with Gasteiger partial charge in [0.15, 0.2) is 11.7 Å². The number of aliphatic carboxylic acids is 1. The van der Waals surface area contributed by atoms with Crippen molar-refractivity contribution >= 4 is 34.7 Å². The molecule has 0 bridgehead atoms. The molecule has 176 valence electrons. The summed E-state index contributed by atoms with van der Waals surface area (Å²) in [5, 5.41) is 9.95. The van der Waals surface area contributed by atoms with Crippen LogP contribution in [0.4, 0.5) is 6.01 Å². The number of carbonyl (C=O) groups is 1. The van der Waals surface area contributed by atoms with Crippen LogP contribution in [0.15, 0.2) is 77.2 Å². The van der Waals surface area contributed by atoms with E-state index in [2.05, 4.69) is 4.98 Å². The number of carboxylic acids is 1. The molecule has 3 aromatic carbocycles. The number of nitrogens with zero attached hydrogens (tertiary/aromatic N) is 2. The van der Waals surface area contributed by atoms with Gasteiger partial charge in [-0.05, 0) is 60.5 Å². The summed E-state index contributed by atoms with van der Waals surface area (Å²) in [6, 6.07) is 22.6. The van der Waals surface area contributed by atoms with Crippen LogP contribution in [0.2, 0.25) is 5.02 Å². The van der Waals surface area contributed by atoms with Crippen LogP contribution in [-0.2, 0) is 11.3 Å². The molecule has 0 saturated carbocycles. The average Bonchev–Trinajstić information content (AvgIpc) is 3.27. The Balaban J connectivity index is 1.52. The molecule has 0 aliphatic heterocycles. The monoisotopic (exact) mass is 480 g/mol. The van der Waals surface area contributed by atoms with Crippen LogP contribution >= 0.6 is 11.6 Å². The van der Waals surface area contributed by atoms with Crippen molar-refractivity contribution in [2.75, 3.05) is 18.1 Å². The molecule has 1 N–H and O–H groups in total. The van der Waals surface area contributed by atoms with Gasteiger partial charge < -0.3 is 23.9 Å². The lowest BCUT2D eigenvalue weighted by molar-refractivity contribution is -0.145. The summed E-state index contributed by atoms with van der Waals surface area (Å²) in [5.41, 5.74) is 2.39. The highest BCUT2D eigenvalue weighted by Crippen LogP contribution is 2.25. The van der Waals surface area contributed by atoms with E-state index in [9.17, 15) is 9.90 Å². The van der Waals surface area contributed by atoms with E-state index < -0.39 is 12.1 Å². The normalized spacial score (nSPS) is 11.8. The summed E-state index contributed by atoms with van der Waals surface area (Å²) < 4.78 is 17.5. The van der Waals surface area contributed by atoms with Gasteiger partial charge in [-0.25, -0.2) is 4.79 Å². The molecule has 4 aromatic rings. The number of hydrogen-bond donors (Lipinski definition) is 1. The van der Waals surface area contributed by atoms with Crippen LogP contribution < -0.4 is 14.4 Å². The Bertz CT molecular complexity index is 1210. The molecule has 0 spiro atoms. The number of hydrogen-bond acceptors (Lipinski definition) is 6. The number of ether oxygens (including phenoxy) is 2. The number of halogens is 1. The predicted octanol–water partition coefficient (Wildman–Crippen LogP) is 5.81. The lowest BCUT2D eigenvalue weighted by Gasteiger charge is -2.21. The highest BCUT2D eigenvalue weighted by atomic mass is 35.5. The summed E-state index contributed by atoms with van der Waals surface area (Å²) in [5.74, 6) is 0.235. The minimum atomic E-state index is -0.986. The van der Waals surface area contributed by atoms with Crippen molar-refractivity contribution in [2.45, 2.75) is 26.0 Å². The van der Waals surface area contributed by atoms with Gasteiger partial charge >= 0.3 is 5.97 Å². The van der Waals surface area contributed by atoms with Crippen molar-refractivity contribution in [1.29, 1.82) is 0 Å². The van der Waals surface area contributed by atoms with Crippen molar-refractivity contribution in [2.24, 2.45) is 0 Å². The second kappa shape index (κ2) is 10.9. The van der Waals surface area contributed by atoms with Gasteiger partial charge in [-0.1, -0.05) is 42.8 Å². The molecule has 0 aliphatic carbocycles. The molecule has 0 amide bonds. The Kier molecular flexibility index (Phi) is 7.54. The number of oxazole rings is 1. The van der Waals surface area contributed by atoms with Crippen molar-refractivity contribution in [3.05, 3.63) is 83.4 Å². The number of rotatable bonds is 11. The summed E-state index contributed by atoms with van der Waals surface area (Å²) in [6.07, 6.45) is -0.521. The Morgan fingerprint density at radius 3 is 2.62 bits per heavy atom. The van der Waals surface area contributed by atoms with E-state index >= 15 is 0 Å². The van der Waals surface area contributed by atoms with Gasteiger partial charge in [0, 0.05) is 11.6 Å². The lowest BCUT2D eigenvalue weighted by atomic mass is 10.2. The molecule has 0 radical (unpaired) electrons. The van der Waals surface area contributed by atoms with Gasteiger partial charge in [0.25, 0.3) is 6.01 Å². The molecule has 1 heterocycles. The van der Waals surface area contributed by atoms with Crippen molar-refractivity contribution in [3.63, 3.8) is 0 Å². The van der Waals surface area contributed by atoms with E-state index in [0.29, 0.717) is 48.5 Å². The number of benzene rings is 3. The zero-order chi connectivity index (χ0) is 23.9. The van der Waals surface area contributed by atoms with E-state index in [1.54, 1.807) is 25.1 Å². The van der Waals surface area contributed by atoms with E-state index in [1.807, 2.05) is 59.5 Å². The number of anilines is 1. The van der Waals surface area contributed by atoms with Gasteiger partial charge in [-0.3, -0.25) is 0 Å². The molecule has 1 atom stereocenters. The number of fused-ring (bicyclic) bond motifs is 1. The van der Waals surface area contributed by atoms with Crippen LogP contribution in [0.1, 0.15) is 18.9 Å². The number of para-hydroxylation sites is 2. The highest BCUT2D eigenvalue weighted by Gasteiger charge is 2.18. The molecule has 8 heteroatoms. The standard InChI is InChI=1S/C26H25ClN2O5/c1-2-23(25(30)31)33-21-7-5-6-18(16-21)17-29(14-15-32-20-12-10-19(27)11-13-20)26-28-22-8-3-4-9-24(22)34-26/h3-13,16,23H,2,14-15,17H2,1H3,(H,30,31). The van der Waals surface area contributed by atoms with E-state index in [4.69, 9.17) is 25.5 Å². The Morgan fingerprint density at radius 2 is 1.88 bits per heavy atom. The third kappa shape index (κ3) is 5.99. The van der Waals surface area contributed by atoms with Gasteiger partial charge in [-0.2, -0.15) is 4.98 Å². The van der Waals surface area contributed by atoms with Crippen LogP contribution in [0.5, 0.6) is 11.5 Å². The predicted molar refractivity (Wildman–Crippen MR) is 131 cm³/mol. The topological polar surface area (TPSA) is 85.0 Å². The van der Waals surface area contributed by atoms with Gasteiger partial charge in [0.2, 0.25) is 0 Å². The first kappa shape index (κ1) is 23.4. The molecule has 7 nitrogen and oxygen atoms in total. The fourth-order valence-electron chi connectivity index (χ4n) is 3.45. The maximum absolute atomic E-state index is 11.3. The molecular weight excluding hydrogens is 456 g/mol. The van der Waals surface area contributed by atoms with Crippen LogP contribution in [0.3, 0.4) is 0 Å². The second-order valence-corrected chi connectivity index (χ2v) is 8.12. The molecule has 0 saturated heterocycles. The smallest absolute Gasteiger partial charge is 0.344 e. The summed E-state index contributed by atoms with van der Waals surface area (Å²) in [7, 11) is 0. The first-order valence-electron chi connectivity index (χ1n) is 11.0. The highest BCUT2D eigenvalue weighted by molar-refractivity contribution is 6.30. The molecule has 0 aliphatic rings. The van der Waals surface area contributed by atoms with Gasteiger partial charge in [0.1, 0.15) is 23.6 Å². The van der Waals surface area contributed by atoms with Crippen LogP contribution in [0, 0.1) is 0 Å². The third-order valence-electron chi connectivity index (χ3n) is 5.19. The first-order valence-corrected chi connectivity index (χ1v) is 11.4. The fourth-order valence-corrected chi connectivity index (χ4v) is 3.58. The second-order valence-electron chi connectivity index (χ2n) is 7.69. The zero-order valence-electron chi connectivity index (χ0n) is 18.7. The van der Waals surface area contributed by atoms with Crippen molar-refractivity contribution in [1.82, 2.24) is 4.98 Å². The number of aromatic nitrogens is 1. The van der Waals surface area contributed by atoms with Crippen molar-refractivity contribution in [3.8, 4) is 11.5 Å². The van der Waals surface area contributed by atoms with Gasteiger partial charge in [-0.15, -0.1) is 0 Å². The Labute approximate surface area is 202 Å². The molecular formula is C26H25ClN2O5. The lowest BCUT2D eigenvalue weighted by Crippen LogP contribution is -2.28. The van der Waals surface area contributed by atoms with E-state index in [0.717, 1.165) is 16.8 Å². The zero-order valence-corrected chi connectivity index (χ0v) is 19.4. The fraction of sp³-hybridized carbons (Fsp3) is 0.231.